The number of hydrogen-bond donors (Lipinski definition) is 1. The van der Waals surface area contributed by atoms with E-state index in [1.807, 2.05) is 24.5 Å². The molecule has 84 valence electrons. The molecule has 0 aliphatic rings. The van der Waals surface area contributed by atoms with Crippen LogP contribution in [0.15, 0.2) is 12.4 Å². The number of pyridine rings is 1. The molecule has 5 heteroatoms. The van der Waals surface area contributed by atoms with Crippen molar-refractivity contribution in [2.75, 3.05) is 0 Å². The fourth-order valence-corrected chi connectivity index (χ4v) is 1.72. The van der Waals surface area contributed by atoms with Gasteiger partial charge in [0.25, 0.3) is 5.91 Å². The van der Waals surface area contributed by atoms with Crippen molar-refractivity contribution in [3.8, 4) is 0 Å². The molecule has 0 fully saturated rings. The number of amides is 1. The SMILES string of the molecule is CCc1cc2c(ncn2CC)c(C(N)=O)n1. The van der Waals surface area contributed by atoms with E-state index >= 15 is 0 Å². The minimum Gasteiger partial charge on any atom is -0.364 e. The van der Waals surface area contributed by atoms with E-state index in [9.17, 15) is 4.79 Å². The molecule has 0 saturated heterocycles. The molecular formula is C11H14N4O. The van der Waals surface area contributed by atoms with Crippen LogP contribution < -0.4 is 5.73 Å². The van der Waals surface area contributed by atoms with Crippen molar-refractivity contribution in [2.24, 2.45) is 5.73 Å². The van der Waals surface area contributed by atoms with Crippen molar-refractivity contribution in [3.05, 3.63) is 23.8 Å². The number of carbonyl (C=O) groups is 1. The predicted octanol–water partition coefficient (Wildman–Crippen LogP) is 1.11. The highest BCUT2D eigenvalue weighted by atomic mass is 16.1. The van der Waals surface area contributed by atoms with Crippen LogP contribution in [0.5, 0.6) is 0 Å². The Hall–Kier alpha value is -1.91. The number of fused-ring (bicyclic) bond motifs is 1. The summed E-state index contributed by atoms with van der Waals surface area (Å²) in [7, 11) is 0. The number of rotatable bonds is 3. The Morgan fingerprint density at radius 1 is 1.50 bits per heavy atom. The second-order valence-electron chi connectivity index (χ2n) is 3.58. The minimum atomic E-state index is -0.526. The fraction of sp³-hybridized carbons (Fsp3) is 0.364. The van der Waals surface area contributed by atoms with Crippen molar-refractivity contribution < 1.29 is 4.79 Å². The molecule has 2 heterocycles. The summed E-state index contributed by atoms with van der Waals surface area (Å²) in [6.07, 6.45) is 2.48. The number of primary amides is 1. The zero-order valence-corrected chi connectivity index (χ0v) is 9.40. The normalized spacial score (nSPS) is 10.9. The molecule has 0 radical (unpaired) electrons. The minimum absolute atomic E-state index is 0.265. The number of imidazole rings is 1. The lowest BCUT2D eigenvalue weighted by Gasteiger charge is -2.03. The van der Waals surface area contributed by atoms with Crippen LogP contribution >= 0.6 is 0 Å². The van der Waals surface area contributed by atoms with Gasteiger partial charge >= 0.3 is 0 Å². The van der Waals surface area contributed by atoms with Gasteiger partial charge in [0, 0.05) is 12.2 Å². The Morgan fingerprint density at radius 2 is 2.25 bits per heavy atom. The van der Waals surface area contributed by atoms with Gasteiger partial charge in [-0.2, -0.15) is 0 Å². The molecule has 2 N–H and O–H groups in total. The van der Waals surface area contributed by atoms with Crippen molar-refractivity contribution >= 4 is 16.9 Å². The lowest BCUT2D eigenvalue weighted by Crippen LogP contribution is -2.15. The quantitative estimate of drug-likeness (QED) is 0.838. The molecule has 2 rings (SSSR count). The summed E-state index contributed by atoms with van der Waals surface area (Å²) in [5.41, 5.74) is 7.94. The molecular weight excluding hydrogens is 204 g/mol. The Morgan fingerprint density at radius 3 is 2.81 bits per heavy atom. The predicted molar refractivity (Wildman–Crippen MR) is 61.1 cm³/mol. The Kier molecular flexibility index (Phi) is 2.60. The maximum Gasteiger partial charge on any atom is 0.269 e. The molecule has 5 nitrogen and oxygen atoms in total. The van der Waals surface area contributed by atoms with Crippen molar-refractivity contribution in [2.45, 2.75) is 26.8 Å². The lowest BCUT2D eigenvalue weighted by molar-refractivity contribution is 0.0997. The first kappa shape index (κ1) is 10.6. The highest BCUT2D eigenvalue weighted by molar-refractivity contribution is 6.02. The standard InChI is InChI=1S/C11H14N4O/c1-3-7-5-8-9(10(14-7)11(12)16)13-6-15(8)4-2/h5-6H,3-4H2,1-2H3,(H2,12,16). The van der Waals surface area contributed by atoms with Gasteiger partial charge in [-0.15, -0.1) is 0 Å². The van der Waals surface area contributed by atoms with E-state index in [1.54, 1.807) is 6.33 Å². The van der Waals surface area contributed by atoms with Crippen molar-refractivity contribution in [1.29, 1.82) is 0 Å². The summed E-state index contributed by atoms with van der Waals surface area (Å²) in [6, 6.07) is 1.96. The number of aryl methyl sites for hydroxylation is 2. The highest BCUT2D eigenvalue weighted by Gasteiger charge is 2.14. The van der Waals surface area contributed by atoms with Crippen LogP contribution in [0.1, 0.15) is 30.0 Å². The van der Waals surface area contributed by atoms with Crippen LogP contribution in [0.3, 0.4) is 0 Å². The molecule has 0 unspecified atom stereocenters. The molecule has 0 bridgehead atoms. The van der Waals surface area contributed by atoms with Gasteiger partial charge in [-0.3, -0.25) is 4.79 Å². The van der Waals surface area contributed by atoms with Crippen molar-refractivity contribution in [3.63, 3.8) is 0 Å². The first-order valence-electron chi connectivity index (χ1n) is 5.31. The Labute approximate surface area is 93.3 Å². The zero-order chi connectivity index (χ0) is 11.7. The molecule has 0 aliphatic heterocycles. The number of hydrogen-bond acceptors (Lipinski definition) is 3. The van der Waals surface area contributed by atoms with Gasteiger partial charge < -0.3 is 10.3 Å². The van der Waals surface area contributed by atoms with Gasteiger partial charge in [0.2, 0.25) is 0 Å². The summed E-state index contributed by atoms with van der Waals surface area (Å²) in [5, 5.41) is 0. The molecule has 0 atom stereocenters. The van der Waals surface area contributed by atoms with Crippen LogP contribution in [-0.2, 0) is 13.0 Å². The summed E-state index contributed by atoms with van der Waals surface area (Å²) in [5.74, 6) is -0.526. The van der Waals surface area contributed by atoms with Crippen LogP contribution in [0, 0.1) is 0 Å². The van der Waals surface area contributed by atoms with Gasteiger partial charge in [-0.25, -0.2) is 9.97 Å². The first-order chi connectivity index (χ1) is 7.67. The van der Waals surface area contributed by atoms with E-state index in [0.717, 1.165) is 24.2 Å². The lowest BCUT2D eigenvalue weighted by atomic mass is 10.2. The molecule has 16 heavy (non-hydrogen) atoms. The summed E-state index contributed by atoms with van der Waals surface area (Å²) < 4.78 is 1.97. The van der Waals surface area contributed by atoms with Crippen LogP contribution in [0.4, 0.5) is 0 Å². The van der Waals surface area contributed by atoms with Gasteiger partial charge in [-0.05, 0) is 19.4 Å². The monoisotopic (exact) mass is 218 g/mol. The van der Waals surface area contributed by atoms with E-state index in [1.165, 1.54) is 0 Å². The topological polar surface area (TPSA) is 73.8 Å². The second-order valence-corrected chi connectivity index (χ2v) is 3.58. The molecule has 2 aromatic heterocycles. The second kappa shape index (κ2) is 3.92. The maximum atomic E-state index is 11.3. The van der Waals surface area contributed by atoms with Gasteiger partial charge in [0.05, 0.1) is 11.8 Å². The molecule has 0 saturated carbocycles. The van der Waals surface area contributed by atoms with E-state index in [-0.39, 0.29) is 5.69 Å². The van der Waals surface area contributed by atoms with E-state index in [0.29, 0.717) is 5.52 Å². The Balaban J connectivity index is 2.78. The first-order valence-corrected chi connectivity index (χ1v) is 5.31. The summed E-state index contributed by atoms with van der Waals surface area (Å²) in [6.45, 7) is 4.82. The van der Waals surface area contributed by atoms with Crippen LogP contribution in [-0.4, -0.2) is 20.4 Å². The average Bonchev–Trinajstić information content (AvgIpc) is 2.69. The fourth-order valence-electron chi connectivity index (χ4n) is 1.72. The molecule has 1 amide bonds. The van der Waals surface area contributed by atoms with Crippen LogP contribution in [0.2, 0.25) is 0 Å². The van der Waals surface area contributed by atoms with E-state index in [4.69, 9.17) is 5.73 Å². The third-order valence-corrected chi connectivity index (χ3v) is 2.60. The number of nitrogens with zero attached hydrogens (tertiary/aromatic N) is 3. The third kappa shape index (κ3) is 1.54. The van der Waals surface area contributed by atoms with Gasteiger partial charge in [0.15, 0.2) is 5.69 Å². The number of carbonyl (C=O) groups excluding carboxylic acids is 1. The summed E-state index contributed by atoms with van der Waals surface area (Å²) >= 11 is 0. The van der Waals surface area contributed by atoms with E-state index < -0.39 is 5.91 Å². The zero-order valence-electron chi connectivity index (χ0n) is 9.40. The molecule has 0 spiro atoms. The highest BCUT2D eigenvalue weighted by Crippen LogP contribution is 2.17. The molecule has 0 aromatic carbocycles. The number of nitrogens with two attached hydrogens (primary N) is 1. The van der Waals surface area contributed by atoms with Crippen LogP contribution in [0.25, 0.3) is 11.0 Å². The third-order valence-electron chi connectivity index (χ3n) is 2.60. The smallest absolute Gasteiger partial charge is 0.269 e. The van der Waals surface area contributed by atoms with Gasteiger partial charge in [-0.1, -0.05) is 6.92 Å². The average molecular weight is 218 g/mol. The van der Waals surface area contributed by atoms with E-state index in [2.05, 4.69) is 9.97 Å². The largest absolute Gasteiger partial charge is 0.364 e. The Bertz CT molecular complexity index is 544. The van der Waals surface area contributed by atoms with Gasteiger partial charge in [0.1, 0.15) is 5.52 Å². The number of aromatic nitrogens is 3. The van der Waals surface area contributed by atoms with Crippen molar-refractivity contribution in [1.82, 2.24) is 14.5 Å². The molecule has 2 aromatic rings. The molecule has 0 aliphatic carbocycles. The maximum absolute atomic E-state index is 11.3. The summed E-state index contributed by atoms with van der Waals surface area (Å²) in [4.78, 5) is 19.7.